The normalized spacial score (nSPS) is 21.3. The van der Waals surface area contributed by atoms with Crippen LogP contribution < -0.4 is 38.8 Å². The molecule has 566 valence electrons. The molecule has 6 N–H and O–H groups in total. The molecule has 5 aliphatic carbocycles. The van der Waals surface area contributed by atoms with Crippen LogP contribution in [0.5, 0.6) is 0 Å². The minimum atomic E-state index is -2.93. The summed E-state index contributed by atoms with van der Waals surface area (Å²) in [6.07, 6.45) is 20.7. The number of nitrogens with zero attached hydrogens (tertiary/aromatic N) is 9. The maximum atomic E-state index is 13.6. The molecule has 0 bridgehead atoms. The number of fused-ring (bicyclic) bond motifs is 3. The Labute approximate surface area is 637 Å². The number of primary amides is 1. The predicted octanol–water partition coefficient (Wildman–Crippen LogP) is 16.7. The number of anilines is 5. The van der Waals surface area contributed by atoms with Crippen LogP contribution in [0.3, 0.4) is 0 Å². The van der Waals surface area contributed by atoms with Crippen LogP contribution >= 0.6 is 70.1 Å². The lowest BCUT2D eigenvalue weighted by atomic mass is 10.1. The second kappa shape index (κ2) is 32.3. The van der Waals surface area contributed by atoms with Crippen LogP contribution in [0.2, 0.25) is 15.3 Å². The third-order valence-corrected chi connectivity index (χ3v) is 23.5. The lowest BCUT2D eigenvalue weighted by Crippen LogP contribution is -2.27. The fourth-order valence-corrected chi connectivity index (χ4v) is 16.4. The first-order valence-electron chi connectivity index (χ1n) is 35.9. The number of halogens is 7. The molecule has 3 saturated heterocycles. The molecule has 5 unspecified atom stereocenters. The average molecular weight is 1580 g/mol. The molecule has 31 heteroatoms. The number of hydrogen-bond donors (Lipinski definition) is 4. The Morgan fingerprint density at radius 3 is 1.26 bits per heavy atom. The van der Waals surface area contributed by atoms with Gasteiger partial charge in [0.25, 0.3) is 28.5 Å². The smallest absolute Gasteiger partial charge is 0.278 e. The molecule has 3 aromatic carbocycles. The highest BCUT2D eigenvalue weighted by Crippen LogP contribution is 2.51. The summed E-state index contributed by atoms with van der Waals surface area (Å²) in [6, 6.07) is 24.1. The van der Waals surface area contributed by atoms with Gasteiger partial charge in [-0.25, -0.2) is 60.6 Å². The largest absolute Gasteiger partial charge is 0.398 e. The van der Waals surface area contributed by atoms with Gasteiger partial charge >= 0.3 is 0 Å². The molecule has 0 radical (unpaired) electrons. The Morgan fingerprint density at radius 2 is 0.887 bits per heavy atom. The van der Waals surface area contributed by atoms with Crippen molar-refractivity contribution >= 4 is 143 Å². The van der Waals surface area contributed by atoms with E-state index in [1.807, 2.05) is 23.1 Å². The van der Waals surface area contributed by atoms with Crippen molar-refractivity contribution in [1.29, 1.82) is 0 Å². The molecule has 8 fully saturated rings. The number of rotatable bonds is 17. The first-order chi connectivity index (χ1) is 50.8. The first-order valence-corrected chi connectivity index (χ1v) is 40.7. The number of thioether (sulfide) groups is 3. The molecular formula is C75H86Cl3F4N13O8S3. The number of aromatic nitrogens is 9. The second-order valence-electron chi connectivity index (χ2n) is 28.2. The summed E-state index contributed by atoms with van der Waals surface area (Å²) in [5, 5.41) is 9.15. The number of carbonyl (C=O) groups excluding carboxylic acids is 2. The fraction of sp³-hybridized carbons (Fsp3) is 0.493. The summed E-state index contributed by atoms with van der Waals surface area (Å²) in [7, 11) is 5.13. The summed E-state index contributed by atoms with van der Waals surface area (Å²) in [6.45, 7) is 1.96. The van der Waals surface area contributed by atoms with Gasteiger partial charge < -0.3 is 36.3 Å². The average Bonchev–Trinajstić information content (AvgIpc) is 1.44. The molecule has 8 aliphatic rings. The number of ether oxygens (including phenoxy) is 3. The molecule has 6 aromatic heterocycles. The Balaban J connectivity index is 0.000000128. The van der Waals surface area contributed by atoms with E-state index in [-0.39, 0.29) is 53.4 Å². The topological polar surface area (TPSA) is 257 Å². The maximum Gasteiger partial charge on any atom is 0.278 e. The molecule has 5 atom stereocenters. The van der Waals surface area contributed by atoms with Crippen molar-refractivity contribution in [1.82, 2.24) is 43.0 Å². The van der Waals surface area contributed by atoms with Gasteiger partial charge in [-0.1, -0.05) is 53.0 Å². The molecular weight excluding hydrogens is 1490 g/mol. The van der Waals surface area contributed by atoms with Crippen LogP contribution in [0, 0.1) is 11.8 Å². The van der Waals surface area contributed by atoms with Gasteiger partial charge in [-0.2, -0.15) is 0 Å². The molecule has 17 rings (SSSR count). The third kappa shape index (κ3) is 17.0. The number of Topliss-reactive ketones (excluding diaryl/α,β-unsaturated/α-hetero) is 1. The van der Waals surface area contributed by atoms with E-state index in [1.54, 1.807) is 82.6 Å². The highest BCUT2D eigenvalue weighted by atomic mass is 35.5. The van der Waals surface area contributed by atoms with Crippen LogP contribution in [0.25, 0.3) is 33.1 Å². The number of benzene rings is 3. The Bertz CT molecular complexity index is 5000. The van der Waals surface area contributed by atoms with E-state index in [4.69, 9.17) is 54.7 Å². The van der Waals surface area contributed by atoms with E-state index in [0.29, 0.717) is 92.0 Å². The summed E-state index contributed by atoms with van der Waals surface area (Å²) < 4.78 is 78.2. The molecule has 106 heavy (non-hydrogen) atoms. The Morgan fingerprint density at radius 1 is 0.509 bits per heavy atom. The highest BCUT2D eigenvalue weighted by Gasteiger charge is 2.61. The summed E-state index contributed by atoms with van der Waals surface area (Å²) in [5.41, 5.74) is 19.7. The number of hydrogen-bond acceptors (Lipinski definition) is 17. The van der Waals surface area contributed by atoms with Gasteiger partial charge in [-0.05, 0) is 204 Å². The number of nitrogens with one attached hydrogen (secondary N) is 2. The van der Waals surface area contributed by atoms with Crippen molar-refractivity contribution in [3.63, 3.8) is 0 Å². The number of pyridine rings is 3. The molecule has 21 nitrogen and oxygen atoms in total. The zero-order valence-corrected chi connectivity index (χ0v) is 64.4. The lowest BCUT2D eigenvalue weighted by Gasteiger charge is -2.25. The van der Waals surface area contributed by atoms with Gasteiger partial charge in [-0.3, -0.25) is 24.0 Å². The molecule has 9 heterocycles. The number of carbonyl (C=O) groups is 2. The first kappa shape index (κ1) is 77.1. The van der Waals surface area contributed by atoms with Crippen LogP contribution in [-0.4, -0.2) is 105 Å². The summed E-state index contributed by atoms with van der Waals surface area (Å²) >= 11 is 23.5. The lowest BCUT2D eigenvalue weighted by molar-refractivity contribution is -0.122. The van der Waals surface area contributed by atoms with Crippen LogP contribution in [-0.2, 0) is 51.4 Å². The minimum Gasteiger partial charge on any atom is -0.398 e. The molecule has 3 aliphatic heterocycles. The van der Waals surface area contributed by atoms with E-state index in [1.165, 1.54) is 75.5 Å². The van der Waals surface area contributed by atoms with Gasteiger partial charge in [-0.15, -0.1) is 35.3 Å². The zero-order chi connectivity index (χ0) is 75.2. The number of amides is 1. The van der Waals surface area contributed by atoms with Crippen LogP contribution in [0.15, 0.2) is 102 Å². The molecule has 5 saturated carbocycles. The quantitative estimate of drug-likeness (QED) is 0.0286. The highest BCUT2D eigenvalue weighted by molar-refractivity contribution is 7.99. The predicted molar refractivity (Wildman–Crippen MR) is 412 cm³/mol. The van der Waals surface area contributed by atoms with Gasteiger partial charge in [0.1, 0.15) is 38.2 Å². The van der Waals surface area contributed by atoms with Gasteiger partial charge in [0.05, 0.1) is 39.4 Å². The van der Waals surface area contributed by atoms with E-state index < -0.39 is 41.8 Å². The minimum absolute atomic E-state index is 0.105. The molecule has 9 aromatic rings. The summed E-state index contributed by atoms with van der Waals surface area (Å²) in [4.78, 5) is 78.3. The number of nitrogen functional groups attached to an aromatic ring is 1. The maximum absolute atomic E-state index is 13.6. The van der Waals surface area contributed by atoms with Crippen LogP contribution in [0.4, 0.5) is 46.0 Å². The SMILES string of the molecule is CSc1cc(C2CC2)ccc1N.CSc1cc(C2CC2)ccc1Nc1cc(CC(=O)C2CC2(F)F)nc2c1c(=O)n(C)n2C1CCCCO1.CSc1cc(C2CC2)ccc1Nc1cc(Cl)nc2c1c(=O)n(C)n2C1CCCCO1.Cn1c(=O)c2c(Cl)cc(Cl)nc2n1C1CCCCO1.NC(=O)C1CC1(F)F. The van der Waals surface area contributed by atoms with E-state index in [2.05, 4.69) is 86.3 Å². The van der Waals surface area contributed by atoms with Gasteiger partial charge in [0.15, 0.2) is 35.6 Å². The van der Waals surface area contributed by atoms with E-state index in [0.717, 1.165) is 90.6 Å². The van der Waals surface area contributed by atoms with Crippen molar-refractivity contribution in [2.75, 3.05) is 55.0 Å². The van der Waals surface area contributed by atoms with Crippen molar-refractivity contribution in [2.45, 2.75) is 179 Å². The van der Waals surface area contributed by atoms with Crippen molar-refractivity contribution < 1.29 is 41.4 Å². The fourth-order valence-electron chi connectivity index (χ4n) is 13.9. The Kier molecular flexibility index (Phi) is 23.5. The van der Waals surface area contributed by atoms with E-state index >= 15 is 0 Å². The van der Waals surface area contributed by atoms with Gasteiger partial charge in [0, 0.05) is 80.6 Å². The number of nitrogens with two attached hydrogens (primary N) is 2. The number of ketones is 1. The van der Waals surface area contributed by atoms with Crippen molar-refractivity contribution in [2.24, 2.45) is 38.7 Å². The van der Waals surface area contributed by atoms with Crippen molar-refractivity contribution in [3.8, 4) is 0 Å². The third-order valence-electron chi connectivity index (χ3n) is 20.5. The zero-order valence-electron chi connectivity index (χ0n) is 59.7. The number of alkyl halides is 4. The van der Waals surface area contributed by atoms with E-state index in [9.17, 15) is 41.5 Å². The Hall–Kier alpha value is -7.02. The molecule has 1 amide bonds. The van der Waals surface area contributed by atoms with Crippen LogP contribution in [0.1, 0.15) is 168 Å². The monoisotopic (exact) mass is 1570 g/mol. The summed E-state index contributed by atoms with van der Waals surface area (Å²) in [5.74, 6) is -7.42. The molecule has 0 spiro atoms. The van der Waals surface area contributed by atoms with Crippen molar-refractivity contribution in [3.05, 3.63) is 142 Å². The van der Waals surface area contributed by atoms with Gasteiger partial charge in [0.2, 0.25) is 5.91 Å². The second-order valence-corrected chi connectivity index (χ2v) is 32.0. The standard InChI is InChI=1S/C27H30F2N4O3S.C22H25ClN4O2S.C12H13Cl2N3O2.C10H13NS.C4H5F2NO/c1-32-26(35)24-20(31-19-9-8-16(15-6-7-15)11-22(19)37-2)12-17(13-21(34)18-14-27(18,28)29)30-25(24)33(32)23-5-3-4-10-36-23;1-26-22(28)20-16(24-15-9-8-14(13-6-7-13)11-17(15)30-2)12-18(23)25-21(20)27(26)19-5-3-4-10-29-19;1-16-12(18)10-7(13)6-8(14)15-11(10)17(16)9-4-2-3-5-19-9;1-12-10-6-8(7-2-3-7)4-5-9(10)11;5-4(6)1-2(4)3(7)8/h8-9,11-12,15,18,23H,3-7,10,13-14H2,1-2H3,(H,30,31);8-9,11-13,19H,3-7,10H2,1-2H3,(H,24,25);6,9H,2-5H2,1H3;4-7H,2-3,11H2,1H3;2H,1H2,(H2,7,8).